The molecule has 112 valence electrons. The summed E-state index contributed by atoms with van der Waals surface area (Å²) >= 11 is 0. The Balaban J connectivity index is 1.88. The maximum atomic E-state index is 12.7. The Kier molecular flexibility index (Phi) is 3.73. The van der Waals surface area contributed by atoms with Crippen LogP contribution in [-0.4, -0.2) is 11.6 Å². The molecular formula is C19H24O2. The fourth-order valence-corrected chi connectivity index (χ4v) is 4.34. The van der Waals surface area contributed by atoms with Gasteiger partial charge in [-0.15, -0.1) is 0 Å². The molecule has 0 heterocycles. The number of Topliss-reactive ketones (excluding diaryl/α,β-unsaturated/α-hetero) is 2. The number of carbonyl (C=O) groups is 2. The predicted octanol–water partition coefficient (Wildman–Crippen LogP) is 4.27. The number of hydrogen-bond acceptors (Lipinski definition) is 2. The van der Waals surface area contributed by atoms with E-state index in [9.17, 15) is 9.59 Å². The molecule has 2 fully saturated rings. The summed E-state index contributed by atoms with van der Waals surface area (Å²) in [6.07, 6.45) is 6.94. The molecule has 0 saturated heterocycles. The van der Waals surface area contributed by atoms with Crippen molar-refractivity contribution >= 4 is 11.6 Å². The van der Waals surface area contributed by atoms with Crippen molar-refractivity contribution < 1.29 is 9.59 Å². The molecule has 0 radical (unpaired) electrons. The topological polar surface area (TPSA) is 34.1 Å². The van der Waals surface area contributed by atoms with Gasteiger partial charge in [-0.3, -0.25) is 9.59 Å². The van der Waals surface area contributed by atoms with Gasteiger partial charge in [0.25, 0.3) is 0 Å². The highest BCUT2D eigenvalue weighted by atomic mass is 16.2. The SMILES string of the molecule is Cc1ccc(C2C(=O)CC3(CCCCC3)CC2=O)c(C)c1. The van der Waals surface area contributed by atoms with E-state index in [1.165, 1.54) is 24.8 Å². The van der Waals surface area contributed by atoms with Crippen LogP contribution in [-0.2, 0) is 9.59 Å². The van der Waals surface area contributed by atoms with Crippen LogP contribution < -0.4 is 0 Å². The Bertz CT molecular complexity index is 559. The van der Waals surface area contributed by atoms with Gasteiger partial charge < -0.3 is 0 Å². The van der Waals surface area contributed by atoms with E-state index in [-0.39, 0.29) is 17.0 Å². The average Bonchev–Trinajstić information content (AvgIpc) is 2.41. The van der Waals surface area contributed by atoms with Gasteiger partial charge in [-0.05, 0) is 43.2 Å². The van der Waals surface area contributed by atoms with Crippen molar-refractivity contribution in [3.8, 4) is 0 Å². The van der Waals surface area contributed by atoms with E-state index in [1.54, 1.807) is 0 Å². The van der Waals surface area contributed by atoms with E-state index >= 15 is 0 Å². The highest BCUT2D eigenvalue weighted by Gasteiger charge is 2.45. The summed E-state index contributed by atoms with van der Waals surface area (Å²) in [6, 6.07) is 6.05. The normalized spacial score (nSPS) is 22.8. The van der Waals surface area contributed by atoms with E-state index in [0.717, 1.165) is 24.0 Å². The lowest BCUT2D eigenvalue weighted by Crippen LogP contribution is -2.40. The van der Waals surface area contributed by atoms with Gasteiger partial charge in [-0.25, -0.2) is 0 Å². The minimum Gasteiger partial charge on any atom is -0.299 e. The molecule has 2 aliphatic rings. The molecular weight excluding hydrogens is 260 g/mol. The molecule has 0 atom stereocenters. The van der Waals surface area contributed by atoms with E-state index in [2.05, 4.69) is 6.07 Å². The quantitative estimate of drug-likeness (QED) is 0.722. The van der Waals surface area contributed by atoms with Crippen molar-refractivity contribution in [1.29, 1.82) is 0 Å². The number of ketones is 2. The molecule has 1 spiro atoms. The number of rotatable bonds is 1. The number of hydrogen-bond donors (Lipinski definition) is 0. The molecule has 2 nitrogen and oxygen atoms in total. The molecule has 2 aliphatic carbocycles. The van der Waals surface area contributed by atoms with Gasteiger partial charge in [0.15, 0.2) is 0 Å². The van der Waals surface area contributed by atoms with Crippen LogP contribution in [0.3, 0.4) is 0 Å². The molecule has 3 rings (SSSR count). The largest absolute Gasteiger partial charge is 0.299 e. The minimum atomic E-state index is -0.502. The first kappa shape index (κ1) is 14.5. The third-order valence-electron chi connectivity index (χ3n) is 5.39. The second-order valence-electron chi connectivity index (χ2n) is 7.14. The van der Waals surface area contributed by atoms with Crippen molar-refractivity contribution in [2.75, 3.05) is 0 Å². The first-order valence-electron chi connectivity index (χ1n) is 8.13. The molecule has 0 N–H and O–H groups in total. The van der Waals surface area contributed by atoms with E-state index in [0.29, 0.717) is 12.8 Å². The van der Waals surface area contributed by atoms with Gasteiger partial charge in [0, 0.05) is 12.8 Å². The number of benzene rings is 1. The fraction of sp³-hybridized carbons (Fsp3) is 0.579. The maximum Gasteiger partial charge on any atom is 0.148 e. The van der Waals surface area contributed by atoms with E-state index in [1.807, 2.05) is 26.0 Å². The van der Waals surface area contributed by atoms with Crippen molar-refractivity contribution in [2.24, 2.45) is 5.41 Å². The second-order valence-corrected chi connectivity index (χ2v) is 7.14. The summed E-state index contributed by atoms with van der Waals surface area (Å²) in [7, 11) is 0. The predicted molar refractivity (Wildman–Crippen MR) is 83.4 cm³/mol. The van der Waals surface area contributed by atoms with Crippen LogP contribution in [0.25, 0.3) is 0 Å². The first-order chi connectivity index (χ1) is 10.0. The van der Waals surface area contributed by atoms with E-state index in [4.69, 9.17) is 0 Å². The summed E-state index contributed by atoms with van der Waals surface area (Å²) in [5.74, 6) is -0.196. The van der Waals surface area contributed by atoms with Crippen molar-refractivity contribution in [3.05, 3.63) is 34.9 Å². The van der Waals surface area contributed by atoms with Crippen LogP contribution >= 0.6 is 0 Å². The highest BCUT2D eigenvalue weighted by Crippen LogP contribution is 2.48. The Morgan fingerprint density at radius 2 is 1.57 bits per heavy atom. The van der Waals surface area contributed by atoms with Crippen LogP contribution in [0.5, 0.6) is 0 Å². The maximum absolute atomic E-state index is 12.7. The second kappa shape index (κ2) is 5.40. The molecule has 0 amide bonds. The average molecular weight is 284 g/mol. The van der Waals surface area contributed by atoms with Gasteiger partial charge in [-0.2, -0.15) is 0 Å². The summed E-state index contributed by atoms with van der Waals surface area (Å²) in [5.41, 5.74) is 3.18. The zero-order valence-corrected chi connectivity index (χ0v) is 13.1. The molecule has 2 heteroatoms. The van der Waals surface area contributed by atoms with Gasteiger partial charge in [0.05, 0.1) is 0 Å². The Morgan fingerprint density at radius 1 is 0.952 bits per heavy atom. The Hall–Kier alpha value is -1.44. The smallest absolute Gasteiger partial charge is 0.148 e. The third kappa shape index (κ3) is 2.68. The summed E-state index contributed by atoms with van der Waals surface area (Å²) in [5, 5.41) is 0. The minimum absolute atomic E-state index is 0.00151. The summed E-state index contributed by atoms with van der Waals surface area (Å²) in [4.78, 5) is 25.4. The monoisotopic (exact) mass is 284 g/mol. The molecule has 1 aromatic rings. The lowest BCUT2D eigenvalue weighted by Gasteiger charge is -2.41. The zero-order valence-electron chi connectivity index (χ0n) is 13.1. The van der Waals surface area contributed by atoms with Gasteiger partial charge in [0.1, 0.15) is 17.5 Å². The Labute approximate surface area is 126 Å². The van der Waals surface area contributed by atoms with Crippen LogP contribution in [0.2, 0.25) is 0 Å². The van der Waals surface area contributed by atoms with Gasteiger partial charge >= 0.3 is 0 Å². The summed E-state index contributed by atoms with van der Waals surface area (Å²) in [6.45, 7) is 4.05. The Morgan fingerprint density at radius 3 is 2.14 bits per heavy atom. The van der Waals surface area contributed by atoms with Crippen molar-refractivity contribution in [2.45, 2.75) is 64.7 Å². The third-order valence-corrected chi connectivity index (χ3v) is 5.39. The molecule has 0 aliphatic heterocycles. The molecule has 0 bridgehead atoms. The molecule has 0 aromatic heterocycles. The molecule has 2 saturated carbocycles. The van der Waals surface area contributed by atoms with Crippen LogP contribution in [0.15, 0.2) is 18.2 Å². The van der Waals surface area contributed by atoms with Crippen LogP contribution in [0, 0.1) is 19.3 Å². The fourth-order valence-electron chi connectivity index (χ4n) is 4.34. The number of aryl methyl sites for hydroxylation is 2. The van der Waals surface area contributed by atoms with Gasteiger partial charge in [-0.1, -0.05) is 43.0 Å². The number of carbonyl (C=O) groups excluding carboxylic acids is 2. The first-order valence-corrected chi connectivity index (χ1v) is 8.13. The molecule has 1 aromatic carbocycles. The zero-order chi connectivity index (χ0) is 15.0. The lowest BCUT2D eigenvalue weighted by atomic mass is 9.61. The highest BCUT2D eigenvalue weighted by molar-refractivity contribution is 6.10. The summed E-state index contributed by atoms with van der Waals surface area (Å²) < 4.78 is 0. The van der Waals surface area contributed by atoms with Crippen molar-refractivity contribution in [1.82, 2.24) is 0 Å². The lowest BCUT2D eigenvalue weighted by molar-refractivity contribution is -0.137. The molecule has 0 unspecified atom stereocenters. The standard InChI is InChI=1S/C19H24O2/c1-13-6-7-15(14(2)10-13)18-16(20)11-19(12-17(18)21)8-4-3-5-9-19/h6-7,10,18H,3-5,8-9,11-12H2,1-2H3. The van der Waals surface area contributed by atoms with E-state index < -0.39 is 5.92 Å². The van der Waals surface area contributed by atoms with Crippen LogP contribution in [0.4, 0.5) is 0 Å². The van der Waals surface area contributed by atoms with Crippen LogP contribution in [0.1, 0.15) is 67.6 Å². The molecule has 21 heavy (non-hydrogen) atoms. The van der Waals surface area contributed by atoms with Gasteiger partial charge in [0.2, 0.25) is 0 Å². The van der Waals surface area contributed by atoms with Crippen molar-refractivity contribution in [3.63, 3.8) is 0 Å².